The van der Waals surface area contributed by atoms with Crippen LogP contribution in [0.1, 0.15) is 25.7 Å². The number of nitrogens with two attached hydrogens (primary N) is 3. The summed E-state index contributed by atoms with van der Waals surface area (Å²) in [5.74, 6) is -2.57. The number of Topliss-reactive ketones (excluding diaryl/α,β-unsaturated/α-hetero) is 1. The molecule has 2 saturated heterocycles. The Kier molecular flexibility index (Phi) is 14.0. The van der Waals surface area contributed by atoms with E-state index in [4.69, 9.17) is 36.5 Å². The smallest absolute Gasteiger partial charge is 0.186 e. The molecule has 0 spiro atoms. The largest absolute Gasteiger partial charge is 0.396 e. The topological polar surface area (TPSA) is 317 Å². The molecule has 2 heterocycles. The zero-order chi connectivity index (χ0) is 32.0. The molecule has 1 saturated carbocycles. The zero-order valence-corrected chi connectivity index (χ0v) is 24.0. The molecule has 43 heavy (non-hydrogen) atoms. The number of ether oxygens (including phenoxy) is 3. The van der Waals surface area contributed by atoms with Gasteiger partial charge in [0.25, 0.3) is 0 Å². The van der Waals surface area contributed by atoms with Gasteiger partial charge in [0.15, 0.2) is 12.1 Å². The predicted octanol–water partition coefficient (Wildman–Crippen LogP) is -7.05. The van der Waals surface area contributed by atoms with Crippen molar-refractivity contribution in [2.24, 2.45) is 29.0 Å². The molecule has 3 fully saturated rings. The fraction of sp³-hybridized carbons (Fsp3) is 0.962. The van der Waals surface area contributed by atoms with Crippen molar-refractivity contribution in [1.82, 2.24) is 5.32 Å². The van der Waals surface area contributed by atoms with E-state index in [0.29, 0.717) is 13.0 Å². The van der Waals surface area contributed by atoms with Crippen molar-refractivity contribution in [3.63, 3.8) is 0 Å². The summed E-state index contributed by atoms with van der Waals surface area (Å²) in [6.07, 6.45) is -17.2. The van der Waals surface area contributed by atoms with E-state index in [1.165, 1.54) is 0 Å². The van der Waals surface area contributed by atoms with Crippen LogP contribution in [0, 0.1) is 11.8 Å². The number of hydrogen-bond donors (Lipinski definition) is 13. The first kappa shape index (κ1) is 36.5. The fourth-order valence-electron chi connectivity index (χ4n) is 6.23. The second-order valence-electron chi connectivity index (χ2n) is 11.8. The number of carbonyl (C=O) groups excluding carboxylic acids is 1. The van der Waals surface area contributed by atoms with E-state index in [1.807, 2.05) is 0 Å². The van der Waals surface area contributed by atoms with Gasteiger partial charge in [-0.2, -0.15) is 0 Å². The quantitative estimate of drug-likeness (QED) is 0.0796. The molecule has 0 aromatic rings. The van der Waals surface area contributed by atoms with E-state index in [-0.39, 0.29) is 39.0 Å². The van der Waals surface area contributed by atoms with Gasteiger partial charge in [-0.25, -0.2) is 0 Å². The monoisotopic (exact) mass is 626 g/mol. The molecule has 3 rings (SSSR count). The van der Waals surface area contributed by atoms with Gasteiger partial charge in [0.05, 0.1) is 37.1 Å². The minimum absolute atomic E-state index is 0.000267. The molecule has 252 valence electrons. The van der Waals surface area contributed by atoms with Crippen molar-refractivity contribution < 1.29 is 65.0 Å². The van der Waals surface area contributed by atoms with Crippen molar-refractivity contribution >= 4 is 5.78 Å². The van der Waals surface area contributed by atoms with E-state index >= 15 is 0 Å². The minimum Gasteiger partial charge on any atom is -0.396 e. The number of carbonyl (C=O) groups is 1. The highest BCUT2D eigenvalue weighted by atomic mass is 16.7. The Bertz CT molecular complexity index is 862. The van der Waals surface area contributed by atoms with Crippen LogP contribution in [0.3, 0.4) is 0 Å². The molecule has 2 aliphatic heterocycles. The third kappa shape index (κ3) is 8.44. The summed E-state index contributed by atoms with van der Waals surface area (Å²) in [5.41, 5.74) is 17.9. The number of ketones is 1. The van der Waals surface area contributed by atoms with E-state index in [0.717, 1.165) is 0 Å². The van der Waals surface area contributed by atoms with Crippen LogP contribution in [0.5, 0.6) is 0 Å². The molecule has 0 radical (unpaired) electrons. The molecule has 16 N–H and O–H groups in total. The molecule has 0 amide bonds. The Balaban J connectivity index is 1.88. The van der Waals surface area contributed by atoms with E-state index < -0.39 is 110 Å². The Labute approximate surface area is 249 Å². The summed E-state index contributed by atoms with van der Waals surface area (Å²) in [7, 11) is 0. The van der Waals surface area contributed by atoms with Crippen molar-refractivity contribution in [1.29, 1.82) is 0 Å². The van der Waals surface area contributed by atoms with Crippen LogP contribution >= 0.6 is 0 Å². The maximum atomic E-state index is 12.8. The average Bonchev–Trinajstić information content (AvgIpc) is 2.97. The third-order valence-corrected chi connectivity index (χ3v) is 8.75. The van der Waals surface area contributed by atoms with Gasteiger partial charge in [-0.05, 0) is 38.3 Å². The van der Waals surface area contributed by atoms with E-state index in [2.05, 4.69) is 5.32 Å². The van der Waals surface area contributed by atoms with Crippen LogP contribution in [0.15, 0.2) is 0 Å². The third-order valence-electron chi connectivity index (χ3n) is 8.75. The molecule has 17 heteroatoms. The second kappa shape index (κ2) is 16.5. The molecule has 17 nitrogen and oxygen atoms in total. The number of aliphatic hydroxyl groups is 9. The number of rotatable bonds is 14. The normalized spacial score (nSPS) is 44.7. The van der Waals surface area contributed by atoms with Crippen LogP contribution in [0.4, 0.5) is 0 Å². The van der Waals surface area contributed by atoms with Crippen molar-refractivity contribution in [3.8, 4) is 0 Å². The first-order valence-electron chi connectivity index (χ1n) is 14.8. The number of nitrogens with one attached hydrogen (secondary N) is 1. The fourth-order valence-corrected chi connectivity index (χ4v) is 6.23. The van der Waals surface area contributed by atoms with Gasteiger partial charge in [0, 0.05) is 31.5 Å². The first-order chi connectivity index (χ1) is 20.4. The van der Waals surface area contributed by atoms with Gasteiger partial charge in [-0.3, -0.25) is 4.79 Å². The first-order valence-corrected chi connectivity index (χ1v) is 14.8. The molecule has 3 aliphatic rings. The molecule has 16 atom stereocenters. The van der Waals surface area contributed by atoms with Crippen molar-refractivity contribution in [2.45, 2.75) is 111 Å². The van der Waals surface area contributed by atoms with E-state index in [9.17, 15) is 45.6 Å². The zero-order valence-electron chi connectivity index (χ0n) is 24.0. The van der Waals surface area contributed by atoms with Crippen LogP contribution in [0.25, 0.3) is 0 Å². The molecular formula is C26H50N4O13. The number of aliphatic hydroxyl groups excluding tert-OH is 9. The predicted molar refractivity (Wildman–Crippen MR) is 147 cm³/mol. The minimum atomic E-state index is -1.68. The molecular weight excluding hydrogens is 576 g/mol. The molecule has 16 unspecified atom stereocenters. The summed E-state index contributed by atoms with van der Waals surface area (Å²) in [6, 6.07) is -2.23. The second-order valence-corrected chi connectivity index (χ2v) is 11.8. The molecule has 1 aliphatic carbocycles. The lowest BCUT2D eigenvalue weighted by Gasteiger charge is -2.52. The van der Waals surface area contributed by atoms with Crippen LogP contribution in [-0.2, 0) is 19.0 Å². The molecule has 0 aromatic carbocycles. The summed E-state index contributed by atoms with van der Waals surface area (Å²) in [5, 5.41) is 96.5. The average molecular weight is 627 g/mol. The highest BCUT2D eigenvalue weighted by Gasteiger charge is 2.55. The van der Waals surface area contributed by atoms with Crippen molar-refractivity contribution in [3.05, 3.63) is 0 Å². The van der Waals surface area contributed by atoms with Crippen LogP contribution in [-0.4, -0.2) is 170 Å². The lowest BCUT2D eigenvalue weighted by atomic mass is 9.68. The Morgan fingerprint density at radius 2 is 1.63 bits per heavy atom. The summed E-state index contributed by atoms with van der Waals surface area (Å²) in [4.78, 5) is 12.8. The van der Waals surface area contributed by atoms with Gasteiger partial charge in [0.1, 0.15) is 42.7 Å². The lowest BCUT2D eigenvalue weighted by Crippen LogP contribution is -2.68. The van der Waals surface area contributed by atoms with Gasteiger partial charge in [-0.15, -0.1) is 0 Å². The highest BCUT2D eigenvalue weighted by molar-refractivity contribution is 5.83. The summed E-state index contributed by atoms with van der Waals surface area (Å²) in [6.45, 7) is -0.251. The Morgan fingerprint density at radius 1 is 0.930 bits per heavy atom. The summed E-state index contributed by atoms with van der Waals surface area (Å²) < 4.78 is 17.5. The van der Waals surface area contributed by atoms with E-state index in [1.54, 1.807) is 0 Å². The van der Waals surface area contributed by atoms with Gasteiger partial charge >= 0.3 is 0 Å². The SMILES string of the molecule is NCCC(O)C(=O)CC1CC(N)C(C2OC(CNCCCO)C(O)C(O)C2O)C(O)C1OC1OC(CO)C(O)C(N)C1O. The van der Waals surface area contributed by atoms with Gasteiger partial charge in [0.2, 0.25) is 0 Å². The highest BCUT2D eigenvalue weighted by Crippen LogP contribution is 2.40. The maximum Gasteiger partial charge on any atom is 0.186 e. The van der Waals surface area contributed by atoms with Crippen LogP contribution in [0.2, 0.25) is 0 Å². The summed E-state index contributed by atoms with van der Waals surface area (Å²) >= 11 is 0. The Hall–Kier alpha value is -0.970. The van der Waals surface area contributed by atoms with Crippen molar-refractivity contribution in [2.75, 3.05) is 32.8 Å². The Morgan fingerprint density at radius 3 is 2.26 bits per heavy atom. The maximum absolute atomic E-state index is 12.8. The van der Waals surface area contributed by atoms with Gasteiger partial charge in [-0.1, -0.05) is 0 Å². The standard InChI is InChI=1S/C26H50N4O13/c27-3-2-12(33)13(34)7-10-6-11(28)16(25-23(40)22(39)19(36)14(41-25)8-30-4-1-5-31)20(37)24(10)43-26-21(38)17(29)18(35)15(9-32)42-26/h10-12,14-26,30-33,35-40H,1-9,27-29H2. The van der Waals surface area contributed by atoms with Gasteiger partial charge < -0.3 is 82.7 Å². The van der Waals surface area contributed by atoms with Crippen LogP contribution < -0.4 is 22.5 Å². The molecule has 0 aromatic heterocycles. The number of hydrogen-bond acceptors (Lipinski definition) is 17. The lowest BCUT2D eigenvalue weighted by molar-refractivity contribution is -0.314. The molecule has 0 bridgehead atoms.